The molecule has 0 bridgehead atoms. The van der Waals surface area contributed by atoms with Crippen molar-refractivity contribution in [3.05, 3.63) is 0 Å². The summed E-state index contributed by atoms with van der Waals surface area (Å²) in [6.45, 7) is 5.16. The molecule has 0 amide bonds. The quantitative estimate of drug-likeness (QED) is 0.382. The molecule has 1 aliphatic rings. The van der Waals surface area contributed by atoms with Crippen molar-refractivity contribution < 1.29 is 21.6 Å². The van der Waals surface area contributed by atoms with Gasteiger partial charge < -0.3 is 10.6 Å². The van der Waals surface area contributed by atoms with Crippen LogP contribution < -0.4 is 10.6 Å². The number of nitrogens with one attached hydrogen (secondary N) is 2. The van der Waals surface area contributed by atoms with Crippen molar-refractivity contribution in [1.82, 2.24) is 14.9 Å². The third-order valence-electron chi connectivity index (χ3n) is 4.05. The van der Waals surface area contributed by atoms with Gasteiger partial charge in [-0.25, -0.2) is 8.42 Å². The van der Waals surface area contributed by atoms with Gasteiger partial charge in [0.2, 0.25) is 0 Å². The molecule has 0 spiro atoms. The second-order valence-corrected chi connectivity index (χ2v) is 8.02. The Hall–Kier alpha value is -1.03. The van der Waals surface area contributed by atoms with Gasteiger partial charge >= 0.3 is 15.5 Å². The summed E-state index contributed by atoms with van der Waals surface area (Å²) in [5.74, 6) is 0.635. The zero-order valence-electron chi connectivity index (χ0n) is 14.9. The predicted octanol–water partition coefficient (Wildman–Crippen LogP) is 2.44. The SMILES string of the molecule is CCCCCCN=C(NCC)NC1CCN(S(=O)(=O)C(F)(F)F)CC1. The van der Waals surface area contributed by atoms with E-state index in [4.69, 9.17) is 0 Å². The van der Waals surface area contributed by atoms with Gasteiger partial charge in [0.25, 0.3) is 0 Å². The molecule has 1 fully saturated rings. The second-order valence-electron chi connectivity index (χ2n) is 6.09. The van der Waals surface area contributed by atoms with Crippen molar-refractivity contribution >= 4 is 16.0 Å². The summed E-state index contributed by atoms with van der Waals surface area (Å²) in [5, 5.41) is 6.31. The Kier molecular flexibility index (Phi) is 8.98. The molecule has 0 saturated carbocycles. The Labute approximate surface area is 148 Å². The number of piperidine rings is 1. The van der Waals surface area contributed by atoms with Gasteiger partial charge in [0.15, 0.2) is 5.96 Å². The van der Waals surface area contributed by atoms with Gasteiger partial charge in [-0.3, -0.25) is 4.99 Å². The topological polar surface area (TPSA) is 73.8 Å². The summed E-state index contributed by atoms with van der Waals surface area (Å²) in [5.41, 5.74) is -5.23. The van der Waals surface area contributed by atoms with Gasteiger partial charge in [0.1, 0.15) is 0 Å². The zero-order chi connectivity index (χ0) is 18.9. The number of alkyl halides is 3. The number of hydrogen-bond acceptors (Lipinski definition) is 3. The smallest absolute Gasteiger partial charge is 0.357 e. The highest BCUT2D eigenvalue weighted by molar-refractivity contribution is 7.90. The van der Waals surface area contributed by atoms with Crippen molar-refractivity contribution in [1.29, 1.82) is 0 Å². The molecule has 10 heteroatoms. The van der Waals surface area contributed by atoms with E-state index in [0.717, 1.165) is 19.3 Å². The molecule has 0 aliphatic carbocycles. The minimum absolute atomic E-state index is 0.0897. The zero-order valence-corrected chi connectivity index (χ0v) is 15.7. The van der Waals surface area contributed by atoms with Crippen molar-refractivity contribution in [2.24, 2.45) is 4.99 Å². The summed E-state index contributed by atoms with van der Waals surface area (Å²) >= 11 is 0. The van der Waals surface area contributed by atoms with Crippen LogP contribution in [0.1, 0.15) is 52.4 Å². The summed E-state index contributed by atoms with van der Waals surface area (Å²) in [7, 11) is -5.22. The Morgan fingerprint density at radius 3 is 2.32 bits per heavy atom. The number of halogens is 3. The Bertz CT molecular complexity index is 515. The van der Waals surface area contributed by atoms with Crippen LogP contribution in [0.4, 0.5) is 13.2 Å². The van der Waals surface area contributed by atoms with Gasteiger partial charge in [0, 0.05) is 32.2 Å². The van der Waals surface area contributed by atoms with Crippen LogP contribution in [0.2, 0.25) is 0 Å². The summed E-state index contributed by atoms with van der Waals surface area (Å²) in [6.07, 6.45) is 5.07. The molecule has 6 nitrogen and oxygen atoms in total. The maximum atomic E-state index is 12.6. The predicted molar refractivity (Wildman–Crippen MR) is 92.8 cm³/mol. The molecule has 0 aromatic carbocycles. The molecule has 0 unspecified atom stereocenters. The molecule has 1 rings (SSSR count). The fourth-order valence-electron chi connectivity index (χ4n) is 2.63. The lowest BCUT2D eigenvalue weighted by Gasteiger charge is -2.32. The second kappa shape index (κ2) is 10.2. The largest absolute Gasteiger partial charge is 0.511 e. The highest BCUT2D eigenvalue weighted by Gasteiger charge is 2.50. The molecule has 0 atom stereocenters. The monoisotopic (exact) mass is 386 g/mol. The highest BCUT2D eigenvalue weighted by Crippen LogP contribution is 2.28. The van der Waals surface area contributed by atoms with E-state index < -0.39 is 15.5 Å². The molecule has 25 heavy (non-hydrogen) atoms. The number of sulfonamides is 1. The summed E-state index contributed by atoms with van der Waals surface area (Å²) in [4.78, 5) is 4.47. The number of hydrogen-bond donors (Lipinski definition) is 2. The molecule has 1 saturated heterocycles. The van der Waals surface area contributed by atoms with Crippen LogP contribution in [0.25, 0.3) is 0 Å². The molecular formula is C15H29F3N4O2S. The first kappa shape index (κ1) is 22.0. The molecule has 1 heterocycles. The lowest BCUT2D eigenvalue weighted by Crippen LogP contribution is -2.51. The molecule has 0 aromatic heterocycles. The number of rotatable bonds is 8. The van der Waals surface area contributed by atoms with Gasteiger partial charge in [-0.15, -0.1) is 0 Å². The Balaban J connectivity index is 2.50. The van der Waals surface area contributed by atoms with Crippen LogP contribution in [-0.4, -0.2) is 56.4 Å². The van der Waals surface area contributed by atoms with Crippen LogP contribution in [0.15, 0.2) is 4.99 Å². The summed E-state index contributed by atoms with van der Waals surface area (Å²) in [6, 6.07) is -0.0897. The van der Waals surface area contributed by atoms with Crippen molar-refractivity contribution in [3.63, 3.8) is 0 Å². The maximum Gasteiger partial charge on any atom is 0.511 e. The van der Waals surface area contributed by atoms with Crippen molar-refractivity contribution in [2.45, 2.75) is 63.9 Å². The van der Waals surface area contributed by atoms with Crippen LogP contribution in [0, 0.1) is 0 Å². The van der Waals surface area contributed by atoms with Crippen molar-refractivity contribution in [3.8, 4) is 0 Å². The van der Waals surface area contributed by atoms with Crippen molar-refractivity contribution in [2.75, 3.05) is 26.2 Å². The van der Waals surface area contributed by atoms with Gasteiger partial charge in [-0.05, 0) is 26.2 Å². The van der Waals surface area contributed by atoms with E-state index in [1.807, 2.05) is 6.92 Å². The lowest BCUT2D eigenvalue weighted by molar-refractivity contribution is -0.0494. The molecule has 0 radical (unpaired) electrons. The first-order chi connectivity index (χ1) is 11.7. The minimum atomic E-state index is -5.23. The van der Waals surface area contributed by atoms with E-state index in [-0.39, 0.29) is 19.1 Å². The molecule has 0 aromatic rings. The van der Waals surface area contributed by atoms with Crippen LogP contribution in [0.3, 0.4) is 0 Å². The van der Waals surface area contributed by atoms with Crippen LogP contribution in [-0.2, 0) is 10.0 Å². The van der Waals surface area contributed by atoms with Crippen LogP contribution in [0.5, 0.6) is 0 Å². The van der Waals surface area contributed by atoms with Gasteiger partial charge in [-0.2, -0.15) is 17.5 Å². The van der Waals surface area contributed by atoms with Gasteiger partial charge in [-0.1, -0.05) is 26.2 Å². The number of guanidine groups is 1. The van der Waals surface area contributed by atoms with E-state index >= 15 is 0 Å². The standard InChI is InChI=1S/C15H29F3N4O2S/c1-3-5-6-7-10-20-14(19-4-2)21-13-8-11-22(12-9-13)25(23,24)15(16,17)18/h13H,3-12H2,1-2H3,(H2,19,20,21). The molecule has 148 valence electrons. The molecular weight excluding hydrogens is 357 g/mol. The summed E-state index contributed by atoms with van der Waals surface area (Å²) < 4.78 is 61.1. The number of nitrogens with zero attached hydrogens (tertiary/aromatic N) is 2. The van der Waals surface area contributed by atoms with Gasteiger partial charge in [0.05, 0.1) is 0 Å². The van der Waals surface area contributed by atoms with E-state index in [1.54, 1.807) is 0 Å². The molecule has 1 aliphatic heterocycles. The lowest BCUT2D eigenvalue weighted by atomic mass is 10.1. The third-order valence-corrected chi connectivity index (χ3v) is 5.68. The molecule has 2 N–H and O–H groups in total. The normalized spacial score (nSPS) is 18.4. The Morgan fingerprint density at radius 2 is 1.80 bits per heavy atom. The van der Waals surface area contributed by atoms with E-state index in [1.165, 1.54) is 6.42 Å². The highest BCUT2D eigenvalue weighted by atomic mass is 32.2. The number of unbranched alkanes of at least 4 members (excludes halogenated alkanes) is 3. The first-order valence-corrected chi connectivity index (χ1v) is 10.3. The van der Waals surface area contributed by atoms with Crippen LogP contribution >= 0.6 is 0 Å². The number of aliphatic imine (C=N–C) groups is 1. The average Bonchev–Trinajstić information content (AvgIpc) is 2.54. The fraction of sp³-hybridized carbons (Fsp3) is 0.933. The van der Waals surface area contributed by atoms with E-state index in [0.29, 0.717) is 36.2 Å². The Morgan fingerprint density at radius 1 is 1.16 bits per heavy atom. The van der Waals surface area contributed by atoms with E-state index in [2.05, 4.69) is 22.5 Å². The minimum Gasteiger partial charge on any atom is -0.357 e. The fourth-order valence-corrected chi connectivity index (χ4v) is 3.61. The first-order valence-electron chi connectivity index (χ1n) is 8.83. The maximum absolute atomic E-state index is 12.6. The third kappa shape index (κ3) is 7.01. The average molecular weight is 386 g/mol. The van der Waals surface area contributed by atoms with E-state index in [9.17, 15) is 21.6 Å².